The zero-order valence-electron chi connectivity index (χ0n) is 19.9. The van der Waals surface area contributed by atoms with Gasteiger partial charge >= 0.3 is 0 Å². The van der Waals surface area contributed by atoms with E-state index in [1.165, 1.54) is 37.6 Å². The summed E-state index contributed by atoms with van der Waals surface area (Å²) in [5.74, 6) is 2.10. The summed E-state index contributed by atoms with van der Waals surface area (Å²) in [5, 5.41) is 10.9. The lowest BCUT2D eigenvalue weighted by Gasteiger charge is -2.58. The minimum absolute atomic E-state index is 0.0399. The summed E-state index contributed by atoms with van der Waals surface area (Å²) >= 11 is 3.52. The Kier molecular flexibility index (Phi) is 5.32. The lowest BCUT2D eigenvalue weighted by Crippen LogP contribution is -2.51. The van der Waals surface area contributed by atoms with E-state index in [0.717, 1.165) is 35.7 Å². The molecule has 34 heavy (non-hydrogen) atoms. The molecule has 6 atom stereocenters. The molecule has 1 N–H and O–H groups in total. The van der Waals surface area contributed by atoms with Crippen LogP contribution in [0.25, 0.3) is 5.70 Å². The number of hydrogen-bond acceptors (Lipinski definition) is 4. The standard InChI is InChI=1S/C27H32BrN5O/c1-26-10-7-19(32-25(34)17-9-12-30-31-14-17)13-18(26)3-4-20-21-5-6-23(33-15-24(28)29-16-33)27(21,2)11-8-22(20)26/h3,6,9,12,14-16,19-22H,4-5,7-8,10-11,13H2,1-2H3,(H,32,34)/t19-,20?,21?,22?,26-,27-/m0/s1. The van der Waals surface area contributed by atoms with Crippen LogP contribution >= 0.6 is 15.9 Å². The molecule has 0 saturated heterocycles. The van der Waals surface area contributed by atoms with Crippen LogP contribution in [-0.2, 0) is 0 Å². The fourth-order valence-electron chi connectivity index (χ4n) is 7.85. The number of carbonyl (C=O) groups is 1. The second kappa shape index (κ2) is 8.14. The lowest BCUT2D eigenvalue weighted by molar-refractivity contribution is -0.0137. The SMILES string of the molecule is C[C@]12CC[C@H](NC(=O)c3ccnnc3)CC1=CCC1C2CC[C@]2(C)C(n3cnc(Br)c3)=CCC12. The van der Waals surface area contributed by atoms with Gasteiger partial charge in [-0.15, -0.1) is 0 Å². The summed E-state index contributed by atoms with van der Waals surface area (Å²) in [4.78, 5) is 17.1. The topological polar surface area (TPSA) is 72.7 Å². The molecule has 6 nitrogen and oxygen atoms in total. The highest BCUT2D eigenvalue weighted by molar-refractivity contribution is 9.10. The molecule has 7 heteroatoms. The predicted octanol–water partition coefficient (Wildman–Crippen LogP) is 5.65. The maximum Gasteiger partial charge on any atom is 0.253 e. The van der Waals surface area contributed by atoms with E-state index < -0.39 is 0 Å². The fraction of sp³-hybridized carbons (Fsp3) is 0.556. The smallest absolute Gasteiger partial charge is 0.253 e. The van der Waals surface area contributed by atoms with Gasteiger partial charge < -0.3 is 9.88 Å². The molecule has 2 saturated carbocycles. The molecule has 0 aliphatic heterocycles. The van der Waals surface area contributed by atoms with E-state index in [1.54, 1.807) is 17.8 Å². The summed E-state index contributed by atoms with van der Waals surface area (Å²) in [7, 11) is 0. The van der Waals surface area contributed by atoms with Crippen LogP contribution in [0.1, 0.15) is 69.2 Å². The summed E-state index contributed by atoms with van der Waals surface area (Å²) in [6, 6.07) is 1.93. The number of halogens is 1. The Morgan fingerprint density at radius 1 is 1.12 bits per heavy atom. The number of fused-ring (bicyclic) bond motifs is 5. The monoisotopic (exact) mass is 521 g/mol. The minimum atomic E-state index is -0.0399. The first-order valence-electron chi connectivity index (χ1n) is 12.6. The second-order valence-electron chi connectivity index (χ2n) is 11.2. The first kappa shape index (κ1) is 22.2. The van der Waals surface area contributed by atoms with Crippen molar-refractivity contribution in [1.29, 1.82) is 0 Å². The van der Waals surface area contributed by atoms with Crippen molar-refractivity contribution in [2.45, 2.75) is 64.8 Å². The molecule has 2 aromatic heterocycles. The number of rotatable bonds is 3. The highest BCUT2D eigenvalue weighted by atomic mass is 79.9. The van der Waals surface area contributed by atoms with E-state index in [-0.39, 0.29) is 22.8 Å². The highest BCUT2D eigenvalue weighted by Crippen LogP contribution is 2.65. The minimum Gasteiger partial charge on any atom is -0.349 e. The first-order chi connectivity index (χ1) is 16.4. The average molecular weight is 522 g/mol. The molecule has 2 heterocycles. The van der Waals surface area contributed by atoms with E-state index in [4.69, 9.17) is 0 Å². The third-order valence-electron chi connectivity index (χ3n) is 9.65. The zero-order chi connectivity index (χ0) is 23.5. The van der Waals surface area contributed by atoms with Crippen molar-refractivity contribution in [3.05, 3.63) is 58.9 Å². The third kappa shape index (κ3) is 3.42. The van der Waals surface area contributed by atoms with Crippen molar-refractivity contribution in [2.75, 3.05) is 0 Å². The molecule has 0 radical (unpaired) electrons. The van der Waals surface area contributed by atoms with E-state index in [0.29, 0.717) is 11.5 Å². The normalized spacial score (nSPS) is 36.6. The van der Waals surface area contributed by atoms with Crippen molar-refractivity contribution in [3.63, 3.8) is 0 Å². The molecule has 4 aliphatic rings. The lowest BCUT2D eigenvalue weighted by atomic mass is 9.47. The fourth-order valence-corrected chi connectivity index (χ4v) is 8.17. The number of aromatic nitrogens is 4. The Hall–Kier alpha value is -2.28. The van der Waals surface area contributed by atoms with Crippen molar-refractivity contribution >= 4 is 27.5 Å². The van der Waals surface area contributed by atoms with E-state index in [2.05, 4.69) is 73.2 Å². The highest BCUT2D eigenvalue weighted by Gasteiger charge is 2.57. The molecule has 3 unspecified atom stereocenters. The van der Waals surface area contributed by atoms with E-state index in [9.17, 15) is 4.79 Å². The zero-order valence-corrected chi connectivity index (χ0v) is 21.5. The molecular formula is C27H32BrN5O. The van der Waals surface area contributed by atoms with Gasteiger partial charge in [-0.3, -0.25) is 4.79 Å². The number of hydrogen-bond donors (Lipinski definition) is 1. The summed E-state index contributed by atoms with van der Waals surface area (Å²) < 4.78 is 3.14. The van der Waals surface area contributed by atoms with Gasteiger partial charge in [0.15, 0.2) is 0 Å². The molecule has 0 bridgehead atoms. The number of allylic oxidation sites excluding steroid dienone is 3. The number of nitrogens with zero attached hydrogens (tertiary/aromatic N) is 4. The van der Waals surface area contributed by atoms with Crippen LogP contribution in [-0.4, -0.2) is 31.7 Å². The average Bonchev–Trinajstić information content (AvgIpc) is 3.42. The molecule has 0 spiro atoms. The van der Waals surface area contributed by atoms with Gasteiger partial charge in [0.05, 0.1) is 18.0 Å². The second-order valence-corrected chi connectivity index (χ2v) is 12.0. The maximum atomic E-state index is 12.7. The van der Waals surface area contributed by atoms with Gasteiger partial charge in [0, 0.05) is 23.4 Å². The summed E-state index contributed by atoms with van der Waals surface area (Å²) in [6.45, 7) is 5.00. The van der Waals surface area contributed by atoms with Gasteiger partial charge in [0.1, 0.15) is 10.9 Å². The largest absolute Gasteiger partial charge is 0.349 e. The summed E-state index contributed by atoms with van der Waals surface area (Å²) in [5.41, 5.74) is 4.07. The molecule has 178 valence electrons. The van der Waals surface area contributed by atoms with Crippen molar-refractivity contribution < 1.29 is 4.79 Å². The Bertz CT molecular complexity index is 1170. The van der Waals surface area contributed by atoms with Crippen LogP contribution < -0.4 is 5.32 Å². The molecule has 2 aromatic rings. The Morgan fingerprint density at radius 3 is 2.74 bits per heavy atom. The molecule has 4 aliphatic carbocycles. The van der Waals surface area contributed by atoms with Gasteiger partial charge in [0.2, 0.25) is 0 Å². The van der Waals surface area contributed by atoms with Crippen LogP contribution in [0.4, 0.5) is 0 Å². The van der Waals surface area contributed by atoms with Crippen LogP contribution in [0.15, 0.2) is 53.3 Å². The van der Waals surface area contributed by atoms with Crippen LogP contribution in [0, 0.1) is 28.6 Å². The molecule has 6 rings (SSSR count). The van der Waals surface area contributed by atoms with Crippen LogP contribution in [0.2, 0.25) is 0 Å². The van der Waals surface area contributed by atoms with E-state index >= 15 is 0 Å². The number of carbonyl (C=O) groups excluding carboxylic acids is 1. The number of imidazole rings is 1. The van der Waals surface area contributed by atoms with Gasteiger partial charge in [-0.1, -0.05) is 31.6 Å². The van der Waals surface area contributed by atoms with Gasteiger partial charge in [0.25, 0.3) is 5.91 Å². The Labute approximate surface area is 209 Å². The van der Waals surface area contributed by atoms with Crippen molar-refractivity contribution in [3.8, 4) is 0 Å². The van der Waals surface area contributed by atoms with Gasteiger partial charge in [-0.05, 0) is 90.1 Å². The van der Waals surface area contributed by atoms with Crippen molar-refractivity contribution in [2.24, 2.45) is 28.6 Å². The van der Waals surface area contributed by atoms with Crippen LogP contribution in [0.3, 0.4) is 0 Å². The van der Waals surface area contributed by atoms with Crippen LogP contribution in [0.5, 0.6) is 0 Å². The summed E-state index contributed by atoms with van der Waals surface area (Å²) in [6.07, 6.45) is 20.2. The first-order valence-corrected chi connectivity index (χ1v) is 13.4. The number of nitrogens with one attached hydrogen (secondary N) is 1. The van der Waals surface area contributed by atoms with Gasteiger partial charge in [-0.25, -0.2) is 4.98 Å². The Balaban J connectivity index is 1.20. The third-order valence-corrected chi connectivity index (χ3v) is 10.1. The predicted molar refractivity (Wildman–Crippen MR) is 135 cm³/mol. The van der Waals surface area contributed by atoms with Gasteiger partial charge in [-0.2, -0.15) is 10.2 Å². The van der Waals surface area contributed by atoms with E-state index in [1.807, 2.05) is 6.33 Å². The quantitative estimate of drug-likeness (QED) is 0.529. The maximum absolute atomic E-state index is 12.7. The Morgan fingerprint density at radius 2 is 1.97 bits per heavy atom. The molecule has 0 aromatic carbocycles. The molecular weight excluding hydrogens is 490 g/mol. The molecule has 2 fully saturated rings. The molecule has 1 amide bonds. The number of amides is 1. The van der Waals surface area contributed by atoms with Crippen molar-refractivity contribution in [1.82, 2.24) is 25.1 Å².